The molecule has 5 nitrogen and oxygen atoms in total. The molecule has 2 rings (SSSR count). The van der Waals surface area contributed by atoms with Gasteiger partial charge in [-0.15, -0.1) is 0 Å². The molecule has 2 amide bonds. The van der Waals surface area contributed by atoms with Crippen LogP contribution < -0.4 is 10.6 Å². The Morgan fingerprint density at radius 1 is 1.35 bits per heavy atom. The number of piperazine rings is 1. The topological polar surface area (TPSA) is 61.4 Å². The Bertz CT molecular complexity index is 488. The molecule has 1 aromatic carbocycles. The summed E-state index contributed by atoms with van der Waals surface area (Å²) in [6, 6.07) is 7.83. The summed E-state index contributed by atoms with van der Waals surface area (Å²) in [6.45, 7) is 4.59. The van der Waals surface area contributed by atoms with Crippen molar-refractivity contribution in [2.75, 3.05) is 20.1 Å². The fourth-order valence-electron chi connectivity index (χ4n) is 2.25. The third-order valence-corrected chi connectivity index (χ3v) is 3.80. The Balaban J connectivity index is 2.02. The van der Waals surface area contributed by atoms with E-state index < -0.39 is 0 Å². The van der Waals surface area contributed by atoms with E-state index in [4.69, 9.17) is 0 Å². The van der Waals surface area contributed by atoms with Crippen LogP contribution in [0.1, 0.15) is 24.1 Å². The lowest BCUT2D eigenvalue weighted by Crippen LogP contribution is -2.58. The van der Waals surface area contributed by atoms with E-state index in [1.165, 1.54) is 5.56 Å². The minimum Gasteiger partial charge on any atom is -0.353 e. The SMILES string of the molecule is Cc1ccc(C(C)N(C)C(=O)C2CNC(=O)CN2)cc1. The molecular weight excluding hydrogens is 254 g/mol. The first-order valence-electron chi connectivity index (χ1n) is 6.82. The molecule has 0 bridgehead atoms. The van der Waals surface area contributed by atoms with Crippen LogP contribution >= 0.6 is 0 Å². The maximum atomic E-state index is 12.4. The van der Waals surface area contributed by atoms with Crippen molar-refractivity contribution in [3.8, 4) is 0 Å². The molecule has 1 saturated heterocycles. The van der Waals surface area contributed by atoms with E-state index >= 15 is 0 Å². The lowest BCUT2D eigenvalue weighted by atomic mass is 10.0. The average Bonchev–Trinajstić information content (AvgIpc) is 2.46. The maximum absolute atomic E-state index is 12.4. The molecule has 1 heterocycles. The average molecular weight is 275 g/mol. The molecule has 1 aromatic rings. The number of hydrogen-bond acceptors (Lipinski definition) is 3. The zero-order chi connectivity index (χ0) is 14.7. The Morgan fingerprint density at radius 3 is 2.55 bits per heavy atom. The molecule has 5 heteroatoms. The summed E-state index contributed by atoms with van der Waals surface area (Å²) in [5.74, 6) is -0.0682. The van der Waals surface area contributed by atoms with Gasteiger partial charge >= 0.3 is 0 Å². The highest BCUT2D eigenvalue weighted by molar-refractivity contribution is 5.86. The van der Waals surface area contributed by atoms with Crippen molar-refractivity contribution in [3.63, 3.8) is 0 Å². The summed E-state index contributed by atoms with van der Waals surface area (Å²) in [6.07, 6.45) is 0. The van der Waals surface area contributed by atoms with Crippen molar-refractivity contribution in [2.24, 2.45) is 0 Å². The molecule has 0 aromatic heterocycles. The molecule has 20 heavy (non-hydrogen) atoms. The zero-order valence-corrected chi connectivity index (χ0v) is 12.1. The van der Waals surface area contributed by atoms with E-state index in [-0.39, 0.29) is 30.4 Å². The summed E-state index contributed by atoms with van der Waals surface area (Å²) < 4.78 is 0. The number of nitrogens with one attached hydrogen (secondary N) is 2. The van der Waals surface area contributed by atoms with Crippen molar-refractivity contribution in [1.82, 2.24) is 15.5 Å². The Hall–Kier alpha value is -1.88. The Kier molecular flexibility index (Phi) is 4.39. The number of carbonyl (C=O) groups is 2. The van der Waals surface area contributed by atoms with E-state index in [1.807, 2.05) is 38.1 Å². The summed E-state index contributed by atoms with van der Waals surface area (Å²) in [5, 5.41) is 5.67. The van der Waals surface area contributed by atoms with Crippen LogP contribution in [-0.4, -0.2) is 42.9 Å². The quantitative estimate of drug-likeness (QED) is 0.849. The normalized spacial score (nSPS) is 20.1. The van der Waals surface area contributed by atoms with Gasteiger partial charge in [-0.3, -0.25) is 14.9 Å². The number of hydrogen-bond donors (Lipinski definition) is 2. The van der Waals surface area contributed by atoms with Crippen LogP contribution in [0.5, 0.6) is 0 Å². The van der Waals surface area contributed by atoms with Gasteiger partial charge in [-0.25, -0.2) is 0 Å². The predicted octanol–water partition coefficient (Wildman–Crippen LogP) is 0.602. The largest absolute Gasteiger partial charge is 0.353 e. The molecule has 0 saturated carbocycles. The van der Waals surface area contributed by atoms with Crippen LogP contribution in [0.2, 0.25) is 0 Å². The minimum absolute atomic E-state index is 0.00178. The predicted molar refractivity (Wildman–Crippen MR) is 77.2 cm³/mol. The summed E-state index contributed by atoms with van der Waals surface area (Å²) >= 11 is 0. The first-order chi connectivity index (χ1) is 9.49. The van der Waals surface area contributed by atoms with E-state index in [1.54, 1.807) is 11.9 Å². The van der Waals surface area contributed by atoms with Crippen LogP contribution in [-0.2, 0) is 9.59 Å². The Morgan fingerprint density at radius 2 is 2.00 bits per heavy atom. The van der Waals surface area contributed by atoms with Gasteiger partial charge in [0, 0.05) is 13.6 Å². The number of nitrogens with zero attached hydrogens (tertiary/aromatic N) is 1. The molecule has 0 radical (unpaired) electrons. The van der Waals surface area contributed by atoms with Gasteiger partial charge in [0.2, 0.25) is 11.8 Å². The fourth-order valence-corrected chi connectivity index (χ4v) is 2.25. The van der Waals surface area contributed by atoms with Crippen LogP contribution in [0.3, 0.4) is 0 Å². The van der Waals surface area contributed by atoms with E-state index in [2.05, 4.69) is 10.6 Å². The highest BCUT2D eigenvalue weighted by Gasteiger charge is 2.28. The molecule has 0 spiro atoms. The second kappa shape index (κ2) is 6.05. The van der Waals surface area contributed by atoms with Gasteiger partial charge in [0.15, 0.2) is 0 Å². The van der Waals surface area contributed by atoms with Gasteiger partial charge in [-0.05, 0) is 19.4 Å². The molecule has 2 N–H and O–H groups in total. The number of rotatable bonds is 3. The third kappa shape index (κ3) is 3.17. The minimum atomic E-state index is -0.342. The highest BCUT2D eigenvalue weighted by Crippen LogP contribution is 2.19. The van der Waals surface area contributed by atoms with Gasteiger partial charge in [0.25, 0.3) is 0 Å². The summed E-state index contributed by atoms with van der Waals surface area (Å²) in [7, 11) is 1.80. The van der Waals surface area contributed by atoms with Crippen molar-refractivity contribution >= 4 is 11.8 Å². The zero-order valence-electron chi connectivity index (χ0n) is 12.1. The number of benzene rings is 1. The van der Waals surface area contributed by atoms with Crippen molar-refractivity contribution < 1.29 is 9.59 Å². The molecule has 1 fully saturated rings. The molecule has 2 unspecified atom stereocenters. The molecule has 0 aliphatic carbocycles. The van der Waals surface area contributed by atoms with Crippen molar-refractivity contribution in [2.45, 2.75) is 25.9 Å². The standard InChI is InChI=1S/C15H21N3O2/c1-10-4-6-12(7-5-10)11(2)18(3)15(20)13-8-17-14(19)9-16-13/h4-7,11,13,16H,8-9H2,1-3H3,(H,17,19). The van der Waals surface area contributed by atoms with Crippen LogP contribution in [0.25, 0.3) is 0 Å². The van der Waals surface area contributed by atoms with Crippen LogP contribution in [0.15, 0.2) is 24.3 Å². The second-order valence-electron chi connectivity index (χ2n) is 5.27. The van der Waals surface area contributed by atoms with Crippen LogP contribution in [0.4, 0.5) is 0 Å². The molecule has 108 valence electrons. The van der Waals surface area contributed by atoms with Gasteiger partial charge in [0.1, 0.15) is 6.04 Å². The van der Waals surface area contributed by atoms with Crippen LogP contribution in [0, 0.1) is 6.92 Å². The number of aryl methyl sites for hydroxylation is 1. The molecule has 2 atom stereocenters. The lowest BCUT2D eigenvalue weighted by Gasteiger charge is -2.31. The van der Waals surface area contributed by atoms with E-state index in [9.17, 15) is 9.59 Å². The molecule has 1 aliphatic rings. The first-order valence-corrected chi connectivity index (χ1v) is 6.82. The first kappa shape index (κ1) is 14.5. The van der Waals surface area contributed by atoms with Gasteiger partial charge in [0.05, 0.1) is 12.6 Å². The fraction of sp³-hybridized carbons (Fsp3) is 0.467. The van der Waals surface area contributed by atoms with E-state index in [0.717, 1.165) is 5.56 Å². The number of amides is 2. The smallest absolute Gasteiger partial charge is 0.241 e. The lowest BCUT2D eigenvalue weighted by molar-refractivity contribution is -0.135. The van der Waals surface area contributed by atoms with Crippen molar-refractivity contribution in [3.05, 3.63) is 35.4 Å². The number of carbonyl (C=O) groups excluding carboxylic acids is 2. The monoisotopic (exact) mass is 275 g/mol. The third-order valence-electron chi connectivity index (χ3n) is 3.80. The molecular formula is C15H21N3O2. The Labute approximate surface area is 119 Å². The van der Waals surface area contributed by atoms with Gasteiger partial charge < -0.3 is 10.2 Å². The van der Waals surface area contributed by atoms with E-state index in [0.29, 0.717) is 6.54 Å². The van der Waals surface area contributed by atoms with Gasteiger partial charge in [-0.2, -0.15) is 0 Å². The second-order valence-corrected chi connectivity index (χ2v) is 5.27. The maximum Gasteiger partial charge on any atom is 0.241 e. The summed E-state index contributed by atoms with van der Waals surface area (Å²) in [5.41, 5.74) is 2.30. The van der Waals surface area contributed by atoms with Crippen molar-refractivity contribution in [1.29, 1.82) is 0 Å². The molecule has 1 aliphatic heterocycles. The highest BCUT2D eigenvalue weighted by atomic mass is 16.2. The summed E-state index contributed by atoms with van der Waals surface area (Å²) in [4.78, 5) is 25.2. The number of likely N-dealkylation sites (N-methyl/N-ethyl adjacent to an activating group) is 1. The van der Waals surface area contributed by atoms with Gasteiger partial charge in [-0.1, -0.05) is 29.8 Å².